The summed E-state index contributed by atoms with van der Waals surface area (Å²) in [5.41, 5.74) is 1.81. The monoisotopic (exact) mass is 460 g/mol. The third kappa shape index (κ3) is 15.3. The molecule has 1 atom stereocenters. The van der Waals surface area contributed by atoms with Crippen molar-refractivity contribution in [2.24, 2.45) is 5.92 Å². The minimum Gasteiger partial charge on any atom is -0.462 e. The Hall–Kier alpha value is -0.219. The minimum absolute atomic E-state index is 0.196. The van der Waals surface area contributed by atoms with Crippen molar-refractivity contribution in [3.63, 3.8) is 0 Å². The summed E-state index contributed by atoms with van der Waals surface area (Å²) >= 11 is 0. The Kier molecular flexibility index (Phi) is 13.1. The van der Waals surface area contributed by atoms with Crippen LogP contribution in [0.3, 0.4) is 0 Å². The highest BCUT2D eigenvalue weighted by Gasteiger charge is 2.37. The van der Waals surface area contributed by atoms with Gasteiger partial charge in [0.2, 0.25) is 0 Å². The van der Waals surface area contributed by atoms with Gasteiger partial charge >= 0.3 is 5.97 Å². The maximum absolute atomic E-state index is 11.4. The molecule has 0 bridgehead atoms. The highest BCUT2D eigenvalue weighted by atomic mass is 28.4. The molecule has 29 heavy (non-hydrogen) atoms. The van der Waals surface area contributed by atoms with Gasteiger partial charge in [0.05, 0.1) is 13.2 Å². The van der Waals surface area contributed by atoms with Crippen LogP contribution in [-0.2, 0) is 18.4 Å². The van der Waals surface area contributed by atoms with E-state index in [1.807, 2.05) is 6.92 Å². The molecule has 0 fully saturated rings. The Labute approximate surface area is 184 Å². The van der Waals surface area contributed by atoms with Gasteiger partial charge in [0, 0.05) is 26.2 Å². The number of esters is 1. The van der Waals surface area contributed by atoms with Crippen LogP contribution in [0.4, 0.5) is 0 Å². The van der Waals surface area contributed by atoms with Gasteiger partial charge in [0.1, 0.15) is 0 Å². The largest absolute Gasteiger partial charge is 0.462 e. The molecule has 172 valence electrons. The number of carbonyl (C=O) groups is 1. The molecule has 0 N–H and O–H groups in total. The fourth-order valence-electron chi connectivity index (χ4n) is 4.00. The Balaban J connectivity index is 4.19. The molecule has 0 aromatic heterocycles. The normalized spacial score (nSPS) is 14.0. The molecule has 1 unspecified atom stereocenters. The molecule has 0 amide bonds. The van der Waals surface area contributed by atoms with Gasteiger partial charge in [0.15, 0.2) is 16.6 Å². The number of ether oxygens (including phenoxy) is 2. The van der Waals surface area contributed by atoms with E-state index in [9.17, 15) is 4.79 Å². The van der Waals surface area contributed by atoms with E-state index in [-0.39, 0.29) is 11.9 Å². The summed E-state index contributed by atoms with van der Waals surface area (Å²) in [6, 6.07) is 2.57. The van der Waals surface area contributed by atoms with Crippen molar-refractivity contribution >= 4 is 30.7 Å². The third-order valence-corrected chi connectivity index (χ3v) is 19.9. The van der Waals surface area contributed by atoms with Crippen LogP contribution in [0.2, 0.25) is 57.0 Å². The SMILES string of the molecule is C=C(C)C(=O)OCC(C)COCCC[Si](C)(C)O[Si](C)(C)C[Si](C)(C)CCCC. The Morgan fingerprint density at radius 2 is 1.59 bits per heavy atom. The van der Waals surface area contributed by atoms with Gasteiger partial charge in [-0.05, 0) is 51.2 Å². The molecule has 0 aromatic rings. The van der Waals surface area contributed by atoms with Gasteiger partial charge in [-0.3, -0.25) is 0 Å². The molecule has 0 aliphatic carbocycles. The fraction of sp³-hybridized carbons (Fsp3) is 0.864. The predicted molar refractivity (Wildman–Crippen MR) is 133 cm³/mol. The van der Waals surface area contributed by atoms with Crippen molar-refractivity contribution in [3.05, 3.63) is 12.2 Å². The second kappa shape index (κ2) is 13.2. The molecular formula is C22H48O4Si3. The number of rotatable bonds is 16. The van der Waals surface area contributed by atoms with Gasteiger partial charge in [-0.15, -0.1) is 0 Å². The number of unbranched alkanes of at least 4 members (excludes halogenated alkanes) is 1. The van der Waals surface area contributed by atoms with E-state index in [2.05, 4.69) is 52.8 Å². The first-order chi connectivity index (χ1) is 13.2. The molecule has 7 heteroatoms. The Morgan fingerprint density at radius 1 is 0.966 bits per heavy atom. The van der Waals surface area contributed by atoms with Gasteiger partial charge in [-0.1, -0.05) is 52.4 Å². The van der Waals surface area contributed by atoms with Crippen molar-refractivity contribution in [1.82, 2.24) is 0 Å². The first-order valence-corrected chi connectivity index (χ1v) is 20.9. The lowest BCUT2D eigenvalue weighted by atomic mass is 10.2. The van der Waals surface area contributed by atoms with Crippen molar-refractivity contribution < 1.29 is 18.4 Å². The molecule has 0 saturated carbocycles. The maximum atomic E-state index is 11.4. The molecular weight excluding hydrogens is 412 g/mol. The summed E-state index contributed by atoms with van der Waals surface area (Å²) in [5.74, 6) is -0.129. The molecule has 0 radical (unpaired) electrons. The lowest BCUT2D eigenvalue weighted by Gasteiger charge is -2.38. The molecule has 4 nitrogen and oxygen atoms in total. The highest BCUT2D eigenvalue weighted by Crippen LogP contribution is 2.29. The maximum Gasteiger partial charge on any atom is 0.333 e. The van der Waals surface area contributed by atoms with Gasteiger partial charge < -0.3 is 13.6 Å². The average Bonchev–Trinajstić information content (AvgIpc) is 2.55. The average molecular weight is 461 g/mol. The Morgan fingerprint density at radius 3 is 2.14 bits per heavy atom. The zero-order valence-corrected chi connectivity index (χ0v) is 23.8. The number of carbonyl (C=O) groups excluding carboxylic acids is 1. The molecule has 0 aliphatic rings. The van der Waals surface area contributed by atoms with Gasteiger partial charge in [-0.25, -0.2) is 4.79 Å². The van der Waals surface area contributed by atoms with Crippen molar-refractivity contribution in [3.8, 4) is 0 Å². The van der Waals surface area contributed by atoms with Crippen LogP contribution >= 0.6 is 0 Å². The lowest BCUT2D eigenvalue weighted by Crippen LogP contribution is -2.49. The number of hydrogen-bond acceptors (Lipinski definition) is 4. The minimum atomic E-state index is -1.66. The third-order valence-electron chi connectivity index (χ3n) is 4.98. The molecule has 0 saturated heterocycles. The first-order valence-electron chi connectivity index (χ1n) is 11.3. The summed E-state index contributed by atoms with van der Waals surface area (Å²) < 4.78 is 17.8. The van der Waals surface area contributed by atoms with E-state index in [0.717, 1.165) is 19.1 Å². The Bertz CT molecular complexity index is 504. The van der Waals surface area contributed by atoms with E-state index in [0.29, 0.717) is 18.8 Å². The second-order valence-electron chi connectivity index (χ2n) is 10.7. The summed E-state index contributed by atoms with van der Waals surface area (Å²) in [7, 11) is -4.43. The van der Waals surface area contributed by atoms with Crippen LogP contribution in [0.25, 0.3) is 0 Å². The smallest absolute Gasteiger partial charge is 0.333 e. The quantitative estimate of drug-likeness (QED) is 0.112. The molecule has 0 spiro atoms. The van der Waals surface area contributed by atoms with Crippen LogP contribution in [0.1, 0.15) is 40.0 Å². The van der Waals surface area contributed by atoms with Crippen LogP contribution in [0.15, 0.2) is 12.2 Å². The molecule has 0 heterocycles. The van der Waals surface area contributed by atoms with Crippen molar-refractivity contribution in [2.75, 3.05) is 19.8 Å². The highest BCUT2D eigenvalue weighted by molar-refractivity contribution is 6.96. The summed E-state index contributed by atoms with van der Waals surface area (Å²) in [6.07, 6.45) is 3.71. The van der Waals surface area contributed by atoms with Crippen LogP contribution in [0, 0.1) is 5.92 Å². The first kappa shape index (κ1) is 28.8. The summed E-state index contributed by atoms with van der Waals surface area (Å²) in [5, 5.41) is 0. The lowest BCUT2D eigenvalue weighted by molar-refractivity contribution is -0.140. The second-order valence-corrected chi connectivity index (χ2v) is 25.3. The number of hydrogen-bond donors (Lipinski definition) is 0. The van der Waals surface area contributed by atoms with E-state index in [1.165, 1.54) is 24.6 Å². The van der Waals surface area contributed by atoms with Crippen LogP contribution in [0.5, 0.6) is 0 Å². The molecule has 0 aromatic carbocycles. The topological polar surface area (TPSA) is 44.8 Å². The standard InChI is InChI=1S/C22H48O4Si3/c1-11-12-15-27(5,6)19-29(9,10)26-28(7,8)16-13-14-24-17-21(4)18-25-22(23)20(2)3/h21H,2,11-19H2,1,3-10H3. The van der Waals surface area contributed by atoms with Crippen LogP contribution < -0.4 is 0 Å². The molecule has 0 aliphatic heterocycles. The van der Waals surface area contributed by atoms with Crippen LogP contribution in [-0.4, -0.2) is 50.5 Å². The van der Waals surface area contributed by atoms with E-state index in [1.54, 1.807) is 6.92 Å². The molecule has 0 rings (SSSR count). The summed E-state index contributed by atoms with van der Waals surface area (Å²) in [6.45, 7) is 26.0. The summed E-state index contributed by atoms with van der Waals surface area (Å²) in [4.78, 5) is 11.4. The predicted octanol–water partition coefficient (Wildman–Crippen LogP) is 6.62. The van der Waals surface area contributed by atoms with Crippen molar-refractivity contribution in [1.29, 1.82) is 0 Å². The van der Waals surface area contributed by atoms with E-state index >= 15 is 0 Å². The van der Waals surface area contributed by atoms with Crippen molar-refractivity contribution in [2.45, 2.75) is 97.1 Å². The van der Waals surface area contributed by atoms with E-state index < -0.39 is 24.7 Å². The zero-order chi connectivity index (χ0) is 22.7. The van der Waals surface area contributed by atoms with E-state index in [4.69, 9.17) is 13.6 Å². The fourth-order valence-corrected chi connectivity index (χ4v) is 23.6. The van der Waals surface area contributed by atoms with Gasteiger partial charge in [-0.2, -0.15) is 0 Å². The zero-order valence-electron chi connectivity index (χ0n) is 20.8. The van der Waals surface area contributed by atoms with Gasteiger partial charge in [0.25, 0.3) is 0 Å².